The maximum Gasteiger partial charge on any atom is 0.451 e. The van der Waals surface area contributed by atoms with Gasteiger partial charge in [0.2, 0.25) is 5.82 Å². The van der Waals surface area contributed by atoms with Crippen molar-refractivity contribution in [2.75, 3.05) is 26.3 Å². The van der Waals surface area contributed by atoms with Gasteiger partial charge in [0.15, 0.2) is 0 Å². The SMILES string of the molecule is NCC1(N2CCn3c(nnc3C(F)(F)F)C2)CCOCC1. The van der Waals surface area contributed by atoms with Gasteiger partial charge in [0.1, 0.15) is 5.82 Å². The fourth-order valence-corrected chi connectivity index (χ4v) is 3.17. The zero-order chi connectivity index (χ0) is 15.1. The number of nitrogens with zero attached hydrogens (tertiary/aromatic N) is 4. The summed E-state index contributed by atoms with van der Waals surface area (Å²) in [6.07, 6.45) is -2.87. The number of nitrogens with two attached hydrogens (primary N) is 1. The van der Waals surface area contributed by atoms with Crippen LogP contribution in [0.5, 0.6) is 0 Å². The van der Waals surface area contributed by atoms with Crippen molar-refractivity contribution in [3.05, 3.63) is 11.6 Å². The van der Waals surface area contributed by atoms with Gasteiger partial charge in [-0.25, -0.2) is 0 Å². The van der Waals surface area contributed by atoms with Gasteiger partial charge in [0.25, 0.3) is 0 Å². The maximum atomic E-state index is 12.8. The number of hydrogen-bond donors (Lipinski definition) is 1. The van der Waals surface area contributed by atoms with E-state index < -0.39 is 12.0 Å². The van der Waals surface area contributed by atoms with Crippen molar-refractivity contribution < 1.29 is 17.9 Å². The first-order valence-electron chi connectivity index (χ1n) is 6.98. The minimum atomic E-state index is -4.46. The van der Waals surface area contributed by atoms with E-state index in [0.29, 0.717) is 38.7 Å². The van der Waals surface area contributed by atoms with Crippen molar-refractivity contribution in [3.63, 3.8) is 0 Å². The summed E-state index contributed by atoms with van der Waals surface area (Å²) in [5, 5.41) is 7.02. The third-order valence-electron chi connectivity index (χ3n) is 4.48. The molecule has 2 N–H and O–H groups in total. The largest absolute Gasteiger partial charge is 0.451 e. The van der Waals surface area contributed by atoms with E-state index >= 15 is 0 Å². The average molecular weight is 305 g/mol. The molecule has 1 fully saturated rings. The molecular weight excluding hydrogens is 287 g/mol. The van der Waals surface area contributed by atoms with Gasteiger partial charge in [-0.2, -0.15) is 13.2 Å². The van der Waals surface area contributed by atoms with Crippen LogP contribution < -0.4 is 5.73 Å². The Morgan fingerprint density at radius 2 is 1.90 bits per heavy atom. The molecule has 1 aromatic rings. The third-order valence-corrected chi connectivity index (χ3v) is 4.48. The van der Waals surface area contributed by atoms with E-state index in [1.54, 1.807) is 0 Å². The zero-order valence-electron chi connectivity index (χ0n) is 11.6. The molecule has 0 spiro atoms. The van der Waals surface area contributed by atoms with E-state index in [1.165, 1.54) is 4.57 Å². The second-order valence-corrected chi connectivity index (χ2v) is 5.55. The molecule has 0 saturated carbocycles. The fraction of sp³-hybridized carbons (Fsp3) is 0.833. The highest BCUT2D eigenvalue weighted by Gasteiger charge is 2.43. The van der Waals surface area contributed by atoms with Crippen molar-refractivity contribution >= 4 is 0 Å². The van der Waals surface area contributed by atoms with Crippen LogP contribution in [0.4, 0.5) is 13.2 Å². The molecule has 3 heterocycles. The minimum Gasteiger partial charge on any atom is -0.381 e. The molecule has 0 radical (unpaired) electrons. The summed E-state index contributed by atoms with van der Waals surface area (Å²) in [7, 11) is 0. The van der Waals surface area contributed by atoms with Gasteiger partial charge >= 0.3 is 6.18 Å². The quantitative estimate of drug-likeness (QED) is 0.867. The molecular formula is C12H18F3N5O. The van der Waals surface area contributed by atoms with E-state index in [-0.39, 0.29) is 12.1 Å². The van der Waals surface area contributed by atoms with E-state index in [1.807, 2.05) is 0 Å². The molecule has 0 aliphatic carbocycles. The van der Waals surface area contributed by atoms with Crippen LogP contribution in [0.2, 0.25) is 0 Å². The van der Waals surface area contributed by atoms with Gasteiger partial charge in [-0.3, -0.25) is 4.90 Å². The van der Waals surface area contributed by atoms with Crippen molar-refractivity contribution in [2.45, 2.75) is 37.6 Å². The first kappa shape index (κ1) is 14.7. The molecule has 6 nitrogen and oxygen atoms in total. The highest BCUT2D eigenvalue weighted by atomic mass is 19.4. The van der Waals surface area contributed by atoms with Crippen molar-refractivity contribution in [1.29, 1.82) is 0 Å². The van der Waals surface area contributed by atoms with E-state index in [9.17, 15) is 13.2 Å². The monoisotopic (exact) mass is 305 g/mol. The molecule has 2 aliphatic rings. The molecule has 0 unspecified atom stereocenters. The summed E-state index contributed by atoms with van der Waals surface area (Å²) in [4.78, 5) is 2.14. The number of rotatable bonds is 2. The van der Waals surface area contributed by atoms with Crippen LogP contribution in [0.1, 0.15) is 24.5 Å². The first-order valence-corrected chi connectivity index (χ1v) is 6.98. The highest BCUT2D eigenvalue weighted by Crippen LogP contribution is 2.33. The Kier molecular flexibility index (Phi) is 3.66. The van der Waals surface area contributed by atoms with Crippen LogP contribution in [0, 0.1) is 0 Å². The zero-order valence-corrected chi connectivity index (χ0v) is 11.6. The summed E-state index contributed by atoms with van der Waals surface area (Å²) in [6, 6.07) is 0. The van der Waals surface area contributed by atoms with Gasteiger partial charge in [-0.1, -0.05) is 0 Å². The normalized spacial score (nSPS) is 23.0. The molecule has 1 saturated heterocycles. The van der Waals surface area contributed by atoms with Crippen LogP contribution in [0.15, 0.2) is 0 Å². The summed E-state index contributed by atoms with van der Waals surface area (Å²) >= 11 is 0. The van der Waals surface area contributed by atoms with E-state index in [4.69, 9.17) is 10.5 Å². The lowest BCUT2D eigenvalue weighted by Crippen LogP contribution is -2.58. The van der Waals surface area contributed by atoms with Crippen molar-refractivity contribution in [2.24, 2.45) is 5.73 Å². The Hall–Kier alpha value is -1.19. The lowest BCUT2D eigenvalue weighted by Gasteiger charge is -2.47. The topological polar surface area (TPSA) is 69.2 Å². The van der Waals surface area contributed by atoms with Gasteiger partial charge in [-0.05, 0) is 12.8 Å². The van der Waals surface area contributed by atoms with Gasteiger partial charge in [-0.15, -0.1) is 10.2 Å². The molecule has 21 heavy (non-hydrogen) atoms. The average Bonchev–Trinajstić information content (AvgIpc) is 2.91. The molecule has 0 amide bonds. The minimum absolute atomic E-state index is 0.201. The number of aromatic nitrogens is 3. The summed E-state index contributed by atoms with van der Waals surface area (Å²) in [6.45, 7) is 2.84. The maximum absolute atomic E-state index is 12.8. The van der Waals surface area contributed by atoms with Crippen LogP contribution in [-0.2, 0) is 24.0 Å². The van der Waals surface area contributed by atoms with Crippen molar-refractivity contribution in [3.8, 4) is 0 Å². The number of alkyl halides is 3. The molecule has 1 aromatic heterocycles. The predicted molar refractivity (Wildman–Crippen MR) is 67.3 cm³/mol. The lowest BCUT2D eigenvalue weighted by molar-refractivity contribution is -0.148. The summed E-state index contributed by atoms with van der Waals surface area (Å²) < 4.78 is 45.0. The molecule has 2 aliphatic heterocycles. The van der Waals surface area contributed by atoms with E-state index in [0.717, 1.165) is 12.8 Å². The number of hydrogen-bond acceptors (Lipinski definition) is 5. The molecule has 0 bridgehead atoms. The molecule has 9 heteroatoms. The van der Waals surface area contributed by atoms with E-state index in [2.05, 4.69) is 15.1 Å². The number of ether oxygens (including phenoxy) is 1. The van der Waals surface area contributed by atoms with Crippen LogP contribution in [0.3, 0.4) is 0 Å². The smallest absolute Gasteiger partial charge is 0.381 e. The number of fused-ring (bicyclic) bond motifs is 1. The van der Waals surface area contributed by atoms with Gasteiger partial charge in [0.05, 0.1) is 6.54 Å². The third kappa shape index (κ3) is 2.53. The number of halogens is 3. The lowest BCUT2D eigenvalue weighted by atomic mass is 9.87. The predicted octanol–water partition coefficient (Wildman–Crippen LogP) is 0.620. The summed E-state index contributed by atoms with van der Waals surface area (Å²) in [5.41, 5.74) is 5.74. The first-order chi connectivity index (χ1) is 9.96. The van der Waals surface area contributed by atoms with Crippen molar-refractivity contribution in [1.82, 2.24) is 19.7 Å². The van der Waals surface area contributed by atoms with Gasteiger partial charge < -0.3 is 15.0 Å². The Labute approximate surface area is 120 Å². The van der Waals surface area contributed by atoms with Gasteiger partial charge in [0, 0.05) is 38.4 Å². The molecule has 3 rings (SSSR count). The Morgan fingerprint density at radius 3 is 2.52 bits per heavy atom. The Balaban J connectivity index is 1.83. The Morgan fingerprint density at radius 1 is 1.19 bits per heavy atom. The molecule has 0 aromatic carbocycles. The van der Waals surface area contributed by atoms with Crippen LogP contribution in [-0.4, -0.2) is 51.5 Å². The summed E-state index contributed by atoms with van der Waals surface area (Å²) in [5.74, 6) is -0.557. The molecule has 0 atom stereocenters. The fourth-order valence-electron chi connectivity index (χ4n) is 3.17. The standard InChI is InChI=1S/C12H18F3N5O/c13-12(14,15)10-18-17-9-7-19(3-4-20(9)10)11(8-16)1-5-21-6-2-11/h1-8,16H2. The molecule has 118 valence electrons. The second-order valence-electron chi connectivity index (χ2n) is 5.55. The Bertz CT molecular complexity index is 509. The highest BCUT2D eigenvalue weighted by molar-refractivity contribution is 5.05. The van der Waals surface area contributed by atoms with Crippen LogP contribution in [0.25, 0.3) is 0 Å². The van der Waals surface area contributed by atoms with Crippen LogP contribution >= 0.6 is 0 Å². The second kappa shape index (κ2) is 5.22.